The SMILES string of the molecule is Cc1ccc(Nc2ccc(Cl)cc2)c(N)c1. The van der Waals surface area contributed by atoms with Gasteiger partial charge >= 0.3 is 0 Å². The maximum Gasteiger partial charge on any atom is 0.0618 e. The van der Waals surface area contributed by atoms with Crippen molar-refractivity contribution in [3.63, 3.8) is 0 Å². The fourth-order valence-electron chi connectivity index (χ4n) is 1.48. The third-order valence-electron chi connectivity index (χ3n) is 2.33. The first-order valence-corrected chi connectivity index (χ1v) is 5.42. The number of hydrogen-bond donors (Lipinski definition) is 2. The highest BCUT2D eigenvalue weighted by Crippen LogP contribution is 2.24. The number of rotatable bonds is 2. The minimum Gasteiger partial charge on any atom is -0.397 e. The van der Waals surface area contributed by atoms with Gasteiger partial charge in [-0.15, -0.1) is 0 Å². The Bertz CT molecular complexity index is 492. The molecule has 3 N–H and O–H groups in total. The topological polar surface area (TPSA) is 38.0 Å². The maximum atomic E-state index is 5.91. The number of hydrogen-bond acceptors (Lipinski definition) is 2. The van der Waals surface area contributed by atoms with Gasteiger partial charge in [-0.25, -0.2) is 0 Å². The number of halogens is 1. The van der Waals surface area contributed by atoms with Crippen molar-refractivity contribution in [2.45, 2.75) is 6.92 Å². The van der Waals surface area contributed by atoms with Gasteiger partial charge in [-0.05, 0) is 48.9 Å². The van der Waals surface area contributed by atoms with Gasteiger partial charge in [-0.2, -0.15) is 0 Å². The van der Waals surface area contributed by atoms with Gasteiger partial charge in [-0.3, -0.25) is 0 Å². The smallest absolute Gasteiger partial charge is 0.0618 e. The lowest BCUT2D eigenvalue weighted by Gasteiger charge is -2.09. The van der Waals surface area contributed by atoms with E-state index in [9.17, 15) is 0 Å². The van der Waals surface area contributed by atoms with Crippen LogP contribution in [-0.4, -0.2) is 0 Å². The number of nitrogens with one attached hydrogen (secondary N) is 1. The van der Waals surface area contributed by atoms with Crippen LogP contribution >= 0.6 is 11.6 Å². The Morgan fingerprint density at radius 1 is 1.06 bits per heavy atom. The predicted molar refractivity (Wildman–Crippen MR) is 70.3 cm³/mol. The summed E-state index contributed by atoms with van der Waals surface area (Å²) in [7, 11) is 0. The molecular weight excluding hydrogens is 220 g/mol. The molecule has 0 atom stereocenters. The molecule has 0 unspecified atom stereocenters. The van der Waals surface area contributed by atoms with Gasteiger partial charge in [0.1, 0.15) is 0 Å². The Labute approximate surface area is 100 Å². The number of anilines is 3. The van der Waals surface area contributed by atoms with Crippen LogP contribution in [0.5, 0.6) is 0 Å². The molecule has 0 aliphatic heterocycles. The van der Waals surface area contributed by atoms with Crippen LogP contribution in [0.3, 0.4) is 0 Å². The molecule has 0 fully saturated rings. The van der Waals surface area contributed by atoms with Gasteiger partial charge in [-0.1, -0.05) is 17.7 Å². The first kappa shape index (κ1) is 10.8. The Morgan fingerprint density at radius 3 is 2.38 bits per heavy atom. The molecule has 0 spiro atoms. The Kier molecular flexibility index (Phi) is 3.02. The van der Waals surface area contributed by atoms with E-state index in [-0.39, 0.29) is 0 Å². The van der Waals surface area contributed by atoms with E-state index in [1.807, 2.05) is 49.4 Å². The predicted octanol–water partition coefficient (Wildman–Crippen LogP) is 3.97. The lowest BCUT2D eigenvalue weighted by atomic mass is 10.2. The van der Waals surface area contributed by atoms with E-state index in [1.165, 1.54) is 0 Å². The average Bonchev–Trinajstić information content (AvgIpc) is 2.25. The van der Waals surface area contributed by atoms with Gasteiger partial charge in [0.05, 0.1) is 11.4 Å². The Hall–Kier alpha value is -1.67. The van der Waals surface area contributed by atoms with Crippen LogP contribution < -0.4 is 11.1 Å². The summed E-state index contributed by atoms with van der Waals surface area (Å²) < 4.78 is 0. The van der Waals surface area contributed by atoms with Crippen molar-refractivity contribution in [3.05, 3.63) is 53.1 Å². The summed E-state index contributed by atoms with van der Waals surface area (Å²) in [4.78, 5) is 0. The summed E-state index contributed by atoms with van der Waals surface area (Å²) in [5.74, 6) is 0. The minimum atomic E-state index is 0.724. The van der Waals surface area contributed by atoms with Crippen LogP contribution in [0.2, 0.25) is 5.02 Å². The van der Waals surface area contributed by atoms with Gasteiger partial charge in [0, 0.05) is 10.7 Å². The van der Waals surface area contributed by atoms with Crippen molar-refractivity contribution in [3.8, 4) is 0 Å². The Morgan fingerprint density at radius 2 is 1.75 bits per heavy atom. The quantitative estimate of drug-likeness (QED) is 0.769. The summed E-state index contributed by atoms with van der Waals surface area (Å²) in [6.45, 7) is 2.02. The molecule has 2 nitrogen and oxygen atoms in total. The standard InChI is InChI=1S/C13H13ClN2/c1-9-2-7-13(12(15)8-9)16-11-5-3-10(14)4-6-11/h2-8,16H,15H2,1H3. The number of aryl methyl sites for hydroxylation is 1. The highest BCUT2D eigenvalue weighted by molar-refractivity contribution is 6.30. The van der Waals surface area contributed by atoms with Crippen LogP contribution in [0.1, 0.15) is 5.56 Å². The van der Waals surface area contributed by atoms with E-state index in [4.69, 9.17) is 17.3 Å². The highest BCUT2D eigenvalue weighted by atomic mass is 35.5. The summed E-state index contributed by atoms with van der Waals surface area (Å²) >= 11 is 5.81. The second kappa shape index (κ2) is 4.45. The summed E-state index contributed by atoms with van der Waals surface area (Å²) in [5.41, 5.74) is 9.69. The molecule has 0 heterocycles. The largest absolute Gasteiger partial charge is 0.397 e. The van der Waals surface area contributed by atoms with Crippen LogP contribution in [0.4, 0.5) is 17.1 Å². The first-order chi connectivity index (χ1) is 7.65. The molecule has 0 aliphatic carbocycles. The zero-order chi connectivity index (χ0) is 11.5. The minimum absolute atomic E-state index is 0.724. The average molecular weight is 233 g/mol. The van der Waals surface area contributed by atoms with Crippen molar-refractivity contribution in [2.75, 3.05) is 11.1 Å². The summed E-state index contributed by atoms with van der Waals surface area (Å²) in [6.07, 6.45) is 0. The molecule has 2 rings (SSSR count). The molecule has 2 aromatic carbocycles. The van der Waals surface area contributed by atoms with Crippen LogP contribution in [0.15, 0.2) is 42.5 Å². The van der Waals surface area contributed by atoms with E-state index in [1.54, 1.807) is 0 Å². The van der Waals surface area contributed by atoms with Crippen molar-refractivity contribution in [1.29, 1.82) is 0 Å². The second-order valence-corrected chi connectivity index (χ2v) is 4.16. The van der Waals surface area contributed by atoms with Crippen molar-refractivity contribution in [1.82, 2.24) is 0 Å². The fourth-order valence-corrected chi connectivity index (χ4v) is 1.61. The fraction of sp³-hybridized carbons (Fsp3) is 0.0769. The van der Waals surface area contributed by atoms with Gasteiger partial charge in [0.2, 0.25) is 0 Å². The molecule has 16 heavy (non-hydrogen) atoms. The molecule has 2 aromatic rings. The lowest BCUT2D eigenvalue weighted by Crippen LogP contribution is -1.96. The molecule has 0 saturated carbocycles. The van der Waals surface area contributed by atoms with Crippen LogP contribution in [0.25, 0.3) is 0 Å². The number of nitrogens with two attached hydrogens (primary N) is 1. The summed E-state index contributed by atoms with van der Waals surface area (Å²) in [5, 5.41) is 3.97. The monoisotopic (exact) mass is 232 g/mol. The molecule has 0 aliphatic rings. The highest BCUT2D eigenvalue weighted by Gasteiger charge is 1.99. The third-order valence-corrected chi connectivity index (χ3v) is 2.58. The number of nitrogen functional groups attached to an aromatic ring is 1. The van der Waals surface area contributed by atoms with Crippen molar-refractivity contribution in [2.24, 2.45) is 0 Å². The zero-order valence-electron chi connectivity index (χ0n) is 9.00. The molecule has 82 valence electrons. The third kappa shape index (κ3) is 2.47. The molecule has 0 bridgehead atoms. The van der Waals surface area contributed by atoms with Gasteiger partial charge < -0.3 is 11.1 Å². The first-order valence-electron chi connectivity index (χ1n) is 5.04. The van der Waals surface area contributed by atoms with Crippen LogP contribution in [-0.2, 0) is 0 Å². The number of benzene rings is 2. The van der Waals surface area contributed by atoms with Crippen molar-refractivity contribution < 1.29 is 0 Å². The zero-order valence-corrected chi connectivity index (χ0v) is 9.75. The summed E-state index contributed by atoms with van der Waals surface area (Å²) in [6, 6.07) is 13.5. The van der Waals surface area contributed by atoms with E-state index in [2.05, 4.69) is 5.32 Å². The normalized spacial score (nSPS) is 10.1. The lowest BCUT2D eigenvalue weighted by molar-refractivity contribution is 1.45. The van der Waals surface area contributed by atoms with Gasteiger partial charge in [0.25, 0.3) is 0 Å². The Balaban J connectivity index is 2.23. The van der Waals surface area contributed by atoms with Gasteiger partial charge in [0.15, 0.2) is 0 Å². The molecular formula is C13H13ClN2. The molecule has 0 amide bonds. The molecule has 0 saturated heterocycles. The van der Waals surface area contributed by atoms with E-state index < -0.39 is 0 Å². The van der Waals surface area contributed by atoms with Crippen LogP contribution in [0, 0.1) is 6.92 Å². The molecule has 0 aromatic heterocycles. The van der Waals surface area contributed by atoms with E-state index >= 15 is 0 Å². The maximum absolute atomic E-state index is 5.91. The molecule has 3 heteroatoms. The van der Waals surface area contributed by atoms with E-state index in [0.717, 1.165) is 27.6 Å². The van der Waals surface area contributed by atoms with Crippen molar-refractivity contribution >= 4 is 28.7 Å². The van der Waals surface area contributed by atoms with E-state index in [0.29, 0.717) is 0 Å². The molecule has 0 radical (unpaired) electrons. The second-order valence-electron chi connectivity index (χ2n) is 3.72.